The monoisotopic (exact) mass is 529 g/mol. The molecule has 2 aromatic carbocycles. The number of para-hydroxylation sites is 1. The number of H-pyrrole nitrogens is 1. The number of oxime groups is 1. The Labute approximate surface area is 192 Å². The Morgan fingerprint density at radius 2 is 2.03 bits per heavy atom. The van der Waals surface area contributed by atoms with E-state index in [-0.39, 0.29) is 18.4 Å². The molecule has 31 heavy (non-hydrogen) atoms. The standard InChI is InChI=1S/C22H20IN5O3/c23-13-5-6-17-15(11-13)19(22(30)26-17)21-20(14-3-1-2-4-16(14)25-21)27-31-12-18(29)28-9-7-24-8-10-28/h1-6,11,24,26,30H,7-10,12H2/b27-20+. The Balaban J connectivity index is 1.49. The molecule has 3 N–H and O–H groups in total. The van der Waals surface area contributed by atoms with Crippen molar-refractivity contribution in [2.24, 2.45) is 10.1 Å². The normalized spacial score (nSPS) is 17.1. The highest BCUT2D eigenvalue weighted by molar-refractivity contribution is 14.1. The summed E-state index contributed by atoms with van der Waals surface area (Å²) in [6.45, 7) is 2.75. The molecule has 5 rings (SSSR count). The predicted molar refractivity (Wildman–Crippen MR) is 127 cm³/mol. The van der Waals surface area contributed by atoms with Gasteiger partial charge < -0.3 is 25.1 Å². The molecule has 8 nitrogen and oxygen atoms in total. The first-order valence-electron chi connectivity index (χ1n) is 9.99. The SMILES string of the molecule is O=C(CO/N=C1/C(c2c(O)[nH]c3ccc(I)cc23)=Nc2ccccc21)N1CCNCC1. The number of nitrogens with zero attached hydrogens (tertiary/aromatic N) is 3. The smallest absolute Gasteiger partial charge is 0.263 e. The Kier molecular flexibility index (Phi) is 5.36. The van der Waals surface area contributed by atoms with Gasteiger partial charge in [0.2, 0.25) is 0 Å². The van der Waals surface area contributed by atoms with Crippen LogP contribution >= 0.6 is 22.6 Å². The van der Waals surface area contributed by atoms with Crippen LogP contribution in [0, 0.1) is 3.57 Å². The summed E-state index contributed by atoms with van der Waals surface area (Å²) >= 11 is 2.24. The van der Waals surface area contributed by atoms with E-state index >= 15 is 0 Å². The van der Waals surface area contributed by atoms with Gasteiger partial charge in [-0.25, -0.2) is 4.99 Å². The molecular formula is C22H20IN5O3. The molecule has 0 unspecified atom stereocenters. The topological polar surface area (TPSA) is 102 Å². The van der Waals surface area contributed by atoms with Crippen LogP contribution in [0.3, 0.4) is 0 Å². The van der Waals surface area contributed by atoms with E-state index < -0.39 is 0 Å². The number of hydrogen-bond donors (Lipinski definition) is 3. The van der Waals surface area contributed by atoms with E-state index in [0.717, 1.165) is 38.8 Å². The molecule has 0 aliphatic carbocycles. The second kappa shape index (κ2) is 8.31. The van der Waals surface area contributed by atoms with Crippen LogP contribution in [-0.4, -0.2) is 65.1 Å². The Morgan fingerprint density at radius 1 is 1.23 bits per heavy atom. The van der Waals surface area contributed by atoms with Crippen LogP contribution in [0.4, 0.5) is 5.69 Å². The van der Waals surface area contributed by atoms with Crippen LogP contribution in [0.1, 0.15) is 11.1 Å². The molecule has 0 spiro atoms. The lowest BCUT2D eigenvalue weighted by Crippen LogP contribution is -2.47. The number of amides is 1. The van der Waals surface area contributed by atoms with Gasteiger partial charge in [0.05, 0.1) is 11.3 Å². The Morgan fingerprint density at radius 3 is 2.87 bits per heavy atom. The number of aliphatic imine (C=N–C) groups is 1. The minimum atomic E-state index is -0.142. The number of halogens is 1. The number of hydrogen-bond acceptors (Lipinski definition) is 6. The van der Waals surface area contributed by atoms with Crippen LogP contribution in [0.5, 0.6) is 5.88 Å². The summed E-state index contributed by atoms with van der Waals surface area (Å²) in [5.41, 5.74) is 3.93. The van der Waals surface area contributed by atoms with Crippen molar-refractivity contribution in [3.05, 3.63) is 57.2 Å². The van der Waals surface area contributed by atoms with Crippen molar-refractivity contribution < 1.29 is 14.7 Å². The third kappa shape index (κ3) is 3.79. The van der Waals surface area contributed by atoms with Gasteiger partial charge in [-0.15, -0.1) is 0 Å². The fraction of sp³-hybridized carbons (Fsp3) is 0.227. The van der Waals surface area contributed by atoms with Gasteiger partial charge >= 0.3 is 0 Å². The van der Waals surface area contributed by atoms with Crippen LogP contribution in [0.2, 0.25) is 0 Å². The molecule has 0 atom stereocenters. The molecule has 158 valence electrons. The molecular weight excluding hydrogens is 509 g/mol. The zero-order chi connectivity index (χ0) is 21.4. The quantitative estimate of drug-likeness (QED) is 0.358. The number of aromatic amines is 1. The van der Waals surface area contributed by atoms with Crippen molar-refractivity contribution in [2.45, 2.75) is 0 Å². The maximum atomic E-state index is 12.4. The lowest BCUT2D eigenvalue weighted by atomic mass is 10.0. The molecule has 1 fully saturated rings. The highest BCUT2D eigenvalue weighted by Gasteiger charge is 2.29. The van der Waals surface area contributed by atoms with E-state index in [0.29, 0.717) is 30.1 Å². The average molecular weight is 529 g/mol. The molecule has 9 heteroatoms. The highest BCUT2D eigenvalue weighted by atomic mass is 127. The summed E-state index contributed by atoms with van der Waals surface area (Å²) in [5, 5.41) is 19.0. The number of piperazine rings is 1. The van der Waals surface area contributed by atoms with Crippen molar-refractivity contribution in [2.75, 3.05) is 32.8 Å². The first-order chi connectivity index (χ1) is 15.1. The van der Waals surface area contributed by atoms with E-state index in [9.17, 15) is 9.90 Å². The summed E-state index contributed by atoms with van der Waals surface area (Å²) in [4.78, 5) is 27.4. The van der Waals surface area contributed by atoms with Crippen LogP contribution in [0.25, 0.3) is 10.9 Å². The molecule has 3 aromatic rings. The van der Waals surface area contributed by atoms with E-state index in [4.69, 9.17) is 9.83 Å². The maximum Gasteiger partial charge on any atom is 0.263 e. The number of carbonyl (C=O) groups is 1. The van der Waals surface area contributed by atoms with E-state index in [1.165, 1.54) is 0 Å². The van der Waals surface area contributed by atoms with Crippen molar-refractivity contribution in [3.63, 3.8) is 0 Å². The fourth-order valence-electron chi connectivity index (χ4n) is 3.89. The number of nitrogens with one attached hydrogen (secondary N) is 2. The van der Waals surface area contributed by atoms with Crippen LogP contribution in [-0.2, 0) is 9.63 Å². The van der Waals surface area contributed by atoms with Gasteiger partial charge in [0.1, 0.15) is 11.4 Å². The van der Waals surface area contributed by atoms with Gasteiger partial charge in [-0.2, -0.15) is 0 Å². The average Bonchev–Trinajstić information content (AvgIpc) is 3.30. The number of benzene rings is 2. The zero-order valence-electron chi connectivity index (χ0n) is 16.6. The van der Waals surface area contributed by atoms with E-state index in [1.54, 1.807) is 4.90 Å². The second-order valence-electron chi connectivity index (χ2n) is 7.36. The number of rotatable bonds is 4. The first-order valence-corrected chi connectivity index (χ1v) is 11.1. The molecule has 2 aliphatic rings. The van der Waals surface area contributed by atoms with E-state index in [2.05, 4.69) is 38.0 Å². The van der Waals surface area contributed by atoms with Crippen molar-refractivity contribution >= 4 is 56.5 Å². The van der Waals surface area contributed by atoms with Crippen molar-refractivity contribution in [1.29, 1.82) is 0 Å². The second-order valence-corrected chi connectivity index (χ2v) is 8.61. The molecule has 3 heterocycles. The molecule has 0 radical (unpaired) electrons. The van der Waals surface area contributed by atoms with Gasteiger partial charge in [-0.1, -0.05) is 23.4 Å². The molecule has 1 amide bonds. The summed E-state index contributed by atoms with van der Waals surface area (Å²) in [6.07, 6.45) is 0. The largest absolute Gasteiger partial charge is 0.494 e. The minimum Gasteiger partial charge on any atom is -0.494 e. The minimum absolute atomic E-state index is 0.0214. The number of carbonyl (C=O) groups excluding carboxylic acids is 1. The maximum absolute atomic E-state index is 12.4. The lowest BCUT2D eigenvalue weighted by molar-refractivity contribution is -0.136. The summed E-state index contributed by atoms with van der Waals surface area (Å²) < 4.78 is 1.04. The zero-order valence-corrected chi connectivity index (χ0v) is 18.7. The van der Waals surface area contributed by atoms with Gasteiger partial charge in [0, 0.05) is 46.2 Å². The van der Waals surface area contributed by atoms with Gasteiger partial charge in [-0.3, -0.25) is 4.79 Å². The van der Waals surface area contributed by atoms with Crippen molar-refractivity contribution in [3.8, 4) is 5.88 Å². The van der Waals surface area contributed by atoms with Crippen LogP contribution in [0.15, 0.2) is 52.6 Å². The van der Waals surface area contributed by atoms with Gasteiger partial charge in [-0.05, 0) is 46.9 Å². The first kappa shape index (κ1) is 20.0. The third-order valence-corrected chi connectivity index (χ3v) is 6.08. The predicted octanol–water partition coefficient (Wildman–Crippen LogP) is 2.77. The molecule has 0 bridgehead atoms. The molecule has 1 saturated heterocycles. The van der Waals surface area contributed by atoms with Crippen molar-refractivity contribution in [1.82, 2.24) is 15.2 Å². The molecule has 2 aliphatic heterocycles. The Bertz CT molecular complexity index is 1230. The molecule has 1 aromatic heterocycles. The van der Waals surface area contributed by atoms with Gasteiger partial charge in [0.15, 0.2) is 12.5 Å². The number of aromatic hydroxyl groups is 1. The highest BCUT2D eigenvalue weighted by Crippen LogP contribution is 2.36. The summed E-state index contributed by atoms with van der Waals surface area (Å²) in [6, 6.07) is 13.5. The lowest BCUT2D eigenvalue weighted by Gasteiger charge is -2.26. The van der Waals surface area contributed by atoms with Gasteiger partial charge in [0.25, 0.3) is 5.91 Å². The molecule has 0 saturated carbocycles. The van der Waals surface area contributed by atoms with E-state index in [1.807, 2.05) is 42.5 Å². The fourth-order valence-corrected chi connectivity index (χ4v) is 4.38. The summed E-state index contributed by atoms with van der Waals surface area (Å²) in [7, 11) is 0. The van der Waals surface area contributed by atoms with Crippen LogP contribution < -0.4 is 5.32 Å². The number of fused-ring (bicyclic) bond motifs is 2. The summed E-state index contributed by atoms with van der Waals surface area (Å²) in [5.74, 6) is -0.0757. The number of aromatic nitrogens is 1. The Hall–Kier alpha value is -2.92. The third-order valence-electron chi connectivity index (χ3n) is 5.41.